The molecule has 0 spiro atoms. The van der Waals surface area contributed by atoms with Crippen LogP contribution in [0.2, 0.25) is 0 Å². The van der Waals surface area contributed by atoms with E-state index in [1.54, 1.807) is 0 Å². The number of hydrogen-bond acceptors (Lipinski definition) is 37. The highest BCUT2D eigenvalue weighted by Gasteiger charge is 2.59. The molecule has 0 radical (unpaired) electrons. The zero-order chi connectivity index (χ0) is 62.5. The monoisotopic (exact) mass is 1220 g/mol. The number of alkyl halides is 2. The number of phosphoric ester groups is 1. The van der Waals surface area contributed by atoms with Crippen LogP contribution in [0.3, 0.4) is 0 Å². The van der Waals surface area contributed by atoms with Gasteiger partial charge in [-0.05, 0) is 0 Å². The molecule has 15 unspecified atom stereocenters. The van der Waals surface area contributed by atoms with E-state index in [1.807, 2.05) is 0 Å². The Bertz CT molecular complexity index is 1610. The van der Waals surface area contributed by atoms with Crippen molar-refractivity contribution in [3.8, 4) is 0 Å². The van der Waals surface area contributed by atoms with Gasteiger partial charge in [-0.2, -0.15) is 0 Å². The van der Waals surface area contributed by atoms with Crippen molar-refractivity contribution in [3.05, 3.63) is 0 Å². The number of halogens is 2. The molecular formula is C39H75F2O38P. The largest absolute Gasteiger partial charge is 0.508 e. The molecule has 0 aromatic heterocycles. The van der Waals surface area contributed by atoms with Gasteiger partial charge in [0.25, 0.3) is 5.85 Å². The first-order valence-corrected chi connectivity index (χ1v) is 24.7. The summed E-state index contributed by atoms with van der Waals surface area (Å²) in [5.74, 6) is -3.53. The minimum absolute atomic E-state index is 0.335. The Morgan fingerprint density at radius 1 is 0.438 bits per heavy atom. The van der Waals surface area contributed by atoms with Gasteiger partial charge in [0.05, 0.1) is 19.8 Å². The van der Waals surface area contributed by atoms with Crippen molar-refractivity contribution in [2.24, 2.45) is 0 Å². The van der Waals surface area contributed by atoms with Crippen LogP contribution >= 0.6 is 7.82 Å². The molecule has 0 aliphatic heterocycles. The zero-order valence-corrected chi connectivity index (χ0v) is 42.5. The number of hydrogen-bond donors (Lipinski definition) is 30. The molecule has 38 nitrogen and oxygen atoms in total. The average molecular weight is 1220 g/mol. The second-order valence-electron chi connectivity index (χ2n) is 18.4. The molecule has 0 bridgehead atoms. The van der Waals surface area contributed by atoms with E-state index in [2.05, 4.69) is 18.5 Å². The SMILES string of the molecule is COC(CO)COC(=O)OC1C(O)[C@@H](O)C(O)[C@H](O)[C@@H]1O.COC(CO)COP(=O)(O)OC1C(O)[C@@H](O)C(O)[C@H](O)[C@@H]1O.OC1C(O)C(O)C(O)C(O)C1O.OC1C(O)[C@H](O)[C@H](O)C(O)(F)C1O.OC1[C@H](O)[C@H](O)C(F)[C@H](O)[C@H]1O. The van der Waals surface area contributed by atoms with Crippen LogP contribution in [0.4, 0.5) is 13.6 Å². The van der Waals surface area contributed by atoms with Gasteiger partial charge < -0.3 is 172 Å². The lowest BCUT2D eigenvalue weighted by molar-refractivity contribution is -0.314. The minimum atomic E-state index is -4.80. The number of ether oxygens (including phenoxy) is 4. The smallest absolute Gasteiger partial charge is 0.431 e. The minimum Gasteiger partial charge on any atom is -0.431 e. The van der Waals surface area contributed by atoms with E-state index in [0.29, 0.717) is 0 Å². The van der Waals surface area contributed by atoms with Gasteiger partial charge in [0.15, 0.2) is 12.3 Å². The third-order valence-corrected chi connectivity index (χ3v) is 13.8. The number of carbonyl (C=O) groups excluding carboxylic acids is 1. The number of aliphatic hydroxyl groups excluding tert-OH is 28. The highest BCUT2D eigenvalue weighted by molar-refractivity contribution is 7.47. The second-order valence-corrected chi connectivity index (χ2v) is 19.8. The predicted octanol–water partition coefficient (Wildman–Crippen LogP) is -17.6. The molecule has 0 saturated heterocycles. The van der Waals surface area contributed by atoms with Gasteiger partial charge in [-0.1, -0.05) is 0 Å². The number of phosphoric acid groups is 1. The fraction of sp³-hybridized carbons (Fsp3) is 0.974. The van der Waals surface area contributed by atoms with Crippen LogP contribution in [0.15, 0.2) is 0 Å². The maximum atomic E-state index is 13.0. The van der Waals surface area contributed by atoms with E-state index in [-0.39, 0.29) is 6.61 Å². The summed E-state index contributed by atoms with van der Waals surface area (Å²) >= 11 is 0. The third-order valence-electron chi connectivity index (χ3n) is 12.8. The average Bonchev–Trinajstić information content (AvgIpc) is 3.43. The Labute approximate surface area is 448 Å². The van der Waals surface area contributed by atoms with Crippen molar-refractivity contribution >= 4 is 14.0 Å². The molecule has 27 atom stereocenters. The van der Waals surface area contributed by atoms with Crippen LogP contribution in [0.1, 0.15) is 0 Å². The van der Waals surface area contributed by atoms with Gasteiger partial charge >= 0.3 is 14.0 Å². The highest BCUT2D eigenvalue weighted by atomic mass is 31.2. The molecular weight excluding hydrogens is 1150 g/mol. The van der Waals surface area contributed by atoms with Crippen molar-refractivity contribution in [2.75, 3.05) is 40.6 Å². The fourth-order valence-corrected chi connectivity index (χ4v) is 8.31. The predicted molar refractivity (Wildman–Crippen MR) is 240 cm³/mol. The Morgan fingerprint density at radius 2 is 0.688 bits per heavy atom. The van der Waals surface area contributed by atoms with Gasteiger partial charge in [0.2, 0.25) is 0 Å². The summed E-state index contributed by atoms with van der Waals surface area (Å²) in [6.07, 6.45) is -56.7. The van der Waals surface area contributed by atoms with Crippen LogP contribution in [0.5, 0.6) is 0 Å². The lowest BCUT2D eigenvalue weighted by atomic mass is 9.83. The summed E-state index contributed by atoms with van der Waals surface area (Å²) in [4.78, 5) is 20.9. The van der Waals surface area contributed by atoms with Crippen LogP contribution in [-0.4, -0.2) is 395 Å². The first-order chi connectivity index (χ1) is 36.7. The number of rotatable bonds is 12. The van der Waals surface area contributed by atoms with Gasteiger partial charge in [-0.3, -0.25) is 9.05 Å². The summed E-state index contributed by atoms with van der Waals surface area (Å²) in [6, 6.07) is 0. The molecule has 0 aromatic rings. The van der Waals surface area contributed by atoms with E-state index in [9.17, 15) is 74.1 Å². The normalized spacial score (nSPS) is 47.0. The molecule has 30 N–H and O–H groups in total. The van der Waals surface area contributed by atoms with Crippen LogP contribution < -0.4 is 0 Å². The maximum absolute atomic E-state index is 13.0. The fourth-order valence-electron chi connectivity index (χ4n) is 7.34. The molecule has 80 heavy (non-hydrogen) atoms. The van der Waals surface area contributed by atoms with Crippen molar-refractivity contribution in [3.63, 3.8) is 0 Å². The third kappa shape index (κ3) is 19.0. The first kappa shape index (κ1) is 76.0. The van der Waals surface area contributed by atoms with E-state index in [4.69, 9.17) is 106 Å². The summed E-state index contributed by atoms with van der Waals surface area (Å²) in [5, 5.41) is 264. The molecule has 478 valence electrons. The molecule has 5 fully saturated rings. The Morgan fingerprint density at radius 3 is 0.975 bits per heavy atom. The molecule has 41 heteroatoms. The topological polar surface area (TPSA) is 696 Å². The zero-order valence-electron chi connectivity index (χ0n) is 41.6. The van der Waals surface area contributed by atoms with Crippen LogP contribution in [-0.2, 0) is 32.6 Å². The van der Waals surface area contributed by atoms with Crippen molar-refractivity contribution in [2.45, 2.75) is 195 Å². The molecule has 5 aliphatic rings. The van der Waals surface area contributed by atoms with Crippen molar-refractivity contribution in [1.82, 2.24) is 0 Å². The van der Waals surface area contributed by atoms with Gasteiger partial charge in [-0.25, -0.2) is 18.1 Å². The Kier molecular flexibility index (Phi) is 31.4. The summed E-state index contributed by atoms with van der Waals surface area (Å²) in [7, 11) is -2.28. The van der Waals surface area contributed by atoms with E-state index in [1.165, 1.54) is 14.2 Å². The van der Waals surface area contributed by atoms with Crippen molar-refractivity contribution < 1.29 is 199 Å². The highest BCUT2D eigenvalue weighted by Crippen LogP contribution is 2.47. The molecule has 5 aliphatic carbocycles. The van der Waals surface area contributed by atoms with Gasteiger partial charge in [0, 0.05) is 14.2 Å². The quantitative estimate of drug-likeness (QED) is 0.0637. The second kappa shape index (κ2) is 33.1. The van der Waals surface area contributed by atoms with E-state index < -0.39 is 229 Å². The lowest BCUT2D eigenvalue weighted by Crippen LogP contribution is -2.68. The Hall–Kier alpha value is -2.00. The number of methoxy groups -OCH3 is 2. The van der Waals surface area contributed by atoms with E-state index >= 15 is 0 Å². The van der Waals surface area contributed by atoms with Gasteiger partial charge in [0.1, 0.15) is 184 Å². The van der Waals surface area contributed by atoms with Gasteiger partial charge in [-0.15, -0.1) is 0 Å². The molecule has 0 amide bonds. The van der Waals surface area contributed by atoms with Crippen LogP contribution in [0.25, 0.3) is 0 Å². The first-order valence-electron chi connectivity index (χ1n) is 23.2. The lowest BCUT2D eigenvalue weighted by Gasteiger charge is -2.42. The maximum Gasteiger partial charge on any atom is 0.508 e. The molecule has 0 aromatic carbocycles. The molecule has 5 saturated carbocycles. The van der Waals surface area contributed by atoms with E-state index in [0.717, 1.165) is 0 Å². The Balaban J connectivity index is 0.000000513. The van der Waals surface area contributed by atoms with Crippen LogP contribution in [0, 0.1) is 0 Å². The molecule has 0 heterocycles. The summed E-state index contributed by atoms with van der Waals surface area (Å²) in [6.45, 7) is -1.75. The standard InChI is InChI=1S/C11H20O10.C10H21O11P.C6H11FO6.C6H11FO5.C6H12O6/c1-19-4(2-12)3-20-11(18)21-10-8(16)6(14)5(13)7(15)9(10)17;1-19-4(2-11)3-20-22(17,18)21-10-8(15)6(13)5(12)7(14)9(10)16;7-6(13)4(11)2(9)1(8)3(10)5(6)12;2*7-1-2(8)4(10)6(12)5(11)3(1)9/h4-10,12-17H,2-3H2,1H3;4-16H,2-3H2,1H3,(H,17,18);1-5,8-13H;1-6,8-12H;1-12H/t2*4?,5?,6-,7-,8-,9?,10?;1?,2-,3?,4-,5?,6?;1?,2-,3+,4-,5-,6?;/m0001./s1. The van der Waals surface area contributed by atoms with Crippen molar-refractivity contribution in [1.29, 1.82) is 0 Å². The number of carbonyl (C=O) groups is 1. The molecule has 5 rings (SSSR count). The summed E-state index contributed by atoms with van der Waals surface area (Å²) < 4.78 is 65.1. The summed E-state index contributed by atoms with van der Waals surface area (Å²) in [5.41, 5.74) is 0. The number of aliphatic hydroxyl groups is 29.